The fraction of sp³-hybridized carbons (Fsp3) is 0.481. The molecule has 2 heterocycles. The lowest BCUT2D eigenvalue weighted by Gasteiger charge is -2.46. The zero-order valence-corrected chi connectivity index (χ0v) is 18.9. The maximum absolute atomic E-state index is 13.0. The molecule has 1 saturated heterocycles. The Morgan fingerprint density at radius 3 is 2.68 bits per heavy atom. The van der Waals surface area contributed by atoms with Gasteiger partial charge in [0.25, 0.3) is 0 Å². The molecule has 180 valence electrons. The van der Waals surface area contributed by atoms with Gasteiger partial charge in [-0.25, -0.2) is 0 Å². The molecule has 1 aromatic heterocycles. The van der Waals surface area contributed by atoms with Gasteiger partial charge in [0, 0.05) is 17.7 Å². The van der Waals surface area contributed by atoms with E-state index in [0.29, 0.717) is 28.7 Å². The molecule has 0 radical (unpaired) electrons. The van der Waals surface area contributed by atoms with Crippen molar-refractivity contribution < 1.29 is 27.8 Å². The molecule has 7 atom stereocenters. The van der Waals surface area contributed by atoms with Crippen LogP contribution in [0.1, 0.15) is 43.9 Å². The number of allylic oxidation sites excluding steroid dienone is 1. The van der Waals surface area contributed by atoms with E-state index in [1.54, 1.807) is 24.4 Å². The van der Waals surface area contributed by atoms with Gasteiger partial charge >= 0.3 is 12.1 Å². The summed E-state index contributed by atoms with van der Waals surface area (Å²) in [6.07, 6.45) is 4.04. The molecule has 2 saturated carbocycles. The second-order valence-corrected chi connectivity index (χ2v) is 9.94. The summed E-state index contributed by atoms with van der Waals surface area (Å²) in [5.74, 6) is 0.702. The number of alkyl halides is 3. The predicted molar refractivity (Wildman–Crippen MR) is 121 cm³/mol. The van der Waals surface area contributed by atoms with Crippen molar-refractivity contribution in [2.45, 2.75) is 51.0 Å². The van der Waals surface area contributed by atoms with Gasteiger partial charge in [0.1, 0.15) is 6.10 Å². The number of fused-ring (bicyclic) bond motifs is 2. The first-order valence-corrected chi connectivity index (χ1v) is 11.9. The number of halogens is 3. The predicted octanol–water partition coefficient (Wildman–Crippen LogP) is 5.76. The quantitative estimate of drug-likeness (QED) is 0.579. The zero-order valence-electron chi connectivity index (χ0n) is 18.9. The number of rotatable bonds is 3. The minimum atomic E-state index is -4.39. The van der Waals surface area contributed by atoms with Crippen LogP contribution in [0, 0.1) is 29.6 Å². The van der Waals surface area contributed by atoms with Crippen LogP contribution >= 0.6 is 0 Å². The maximum atomic E-state index is 13.0. The van der Waals surface area contributed by atoms with Crippen LogP contribution < -0.4 is 0 Å². The molecule has 2 aliphatic carbocycles. The lowest BCUT2D eigenvalue weighted by atomic mass is 9.57. The van der Waals surface area contributed by atoms with Gasteiger partial charge in [-0.05, 0) is 80.2 Å². The minimum absolute atomic E-state index is 0.115. The van der Waals surface area contributed by atoms with Crippen molar-refractivity contribution in [2.75, 3.05) is 0 Å². The normalized spacial score (nSPS) is 33.4. The standard InChI is InChI=1S/C27H28F3NO3/c1-15-25-23(22-10-8-21(32)12-18(22)13-24(25)26(33)34-15)9-7-20-6-5-17(14-31-20)16-3-2-4-19(11-16)27(28,29)30/h2-7,9,11,14-15,18,21-25,32H,8,10,12-13H2,1H3/b9-7+/t15-,18+,21?,22?,23?,24-,25+/m1/s1. The Labute approximate surface area is 196 Å². The van der Waals surface area contributed by atoms with E-state index < -0.39 is 11.7 Å². The van der Waals surface area contributed by atoms with Gasteiger partial charge in [-0.2, -0.15) is 13.2 Å². The van der Waals surface area contributed by atoms with Gasteiger partial charge in [0.05, 0.1) is 23.3 Å². The van der Waals surface area contributed by atoms with Crippen molar-refractivity contribution in [3.05, 3.63) is 59.9 Å². The fourth-order valence-electron chi connectivity index (χ4n) is 6.35. The average molecular weight is 472 g/mol. The smallest absolute Gasteiger partial charge is 0.416 e. The molecule has 3 aliphatic rings. The Bertz CT molecular complexity index is 1080. The zero-order chi connectivity index (χ0) is 24.0. The first kappa shape index (κ1) is 23.1. The molecule has 5 rings (SSSR count). The van der Waals surface area contributed by atoms with Crippen molar-refractivity contribution in [1.29, 1.82) is 0 Å². The molecule has 4 nitrogen and oxygen atoms in total. The number of nitrogens with zero attached hydrogens (tertiary/aromatic N) is 1. The number of aliphatic hydroxyl groups excluding tert-OH is 1. The number of pyridine rings is 1. The van der Waals surface area contributed by atoms with E-state index >= 15 is 0 Å². The molecular weight excluding hydrogens is 443 g/mol. The summed E-state index contributed by atoms with van der Waals surface area (Å²) in [4.78, 5) is 16.9. The van der Waals surface area contributed by atoms with Gasteiger partial charge in [0.15, 0.2) is 0 Å². The fourth-order valence-corrected chi connectivity index (χ4v) is 6.35. The van der Waals surface area contributed by atoms with Crippen molar-refractivity contribution in [2.24, 2.45) is 29.6 Å². The van der Waals surface area contributed by atoms with Crippen LogP contribution in [0.15, 0.2) is 48.7 Å². The Kier molecular flexibility index (Phi) is 6.00. The molecule has 0 spiro atoms. The summed E-state index contributed by atoms with van der Waals surface area (Å²) in [6.45, 7) is 1.96. The van der Waals surface area contributed by atoms with E-state index in [0.717, 1.165) is 37.8 Å². The van der Waals surface area contributed by atoms with Crippen LogP contribution in [0.25, 0.3) is 17.2 Å². The number of carbonyl (C=O) groups excluding carboxylic acids is 1. The van der Waals surface area contributed by atoms with Crippen molar-refractivity contribution in [1.82, 2.24) is 4.98 Å². The molecule has 2 aromatic rings. The first-order chi connectivity index (χ1) is 16.2. The van der Waals surface area contributed by atoms with Crippen LogP contribution in [0.4, 0.5) is 13.2 Å². The molecule has 7 heteroatoms. The van der Waals surface area contributed by atoms with E-state index in [1.807, 2.05) is 13.0 Å². The van der Waals surface area contributed by atoms with Crippen LogP contribution in [0.5, 0.6) is 0 Å². The summed E-state index contributed by atoms with van der Waals surface area (Å²) in [6, 6.07) is 8.80. The van der Waals surface area contributed by atoms with E-state index in [1.165, 1.54) is 6.07 Å². The topological polar surface area (TPSA) is 59.4 Å². The van der Waals surface area contributed by atoms with Crippen LogP contribution in [-0.4, -0.2) is 28.3 Å². The van der Waals surface area contributed by atoms with Gasteiger partial charge < -0.3 is 9.84 Å². The van der Waals surface area contributed by atoms with E-state index in [9.17, 15) is 23.1 Å². The maximum Gasteiger partial charge on any atom is 0.416 e. The third-order valence-electron chi connectivity index (χ3n) is 7.92. The molecular formula is C27H28F3NO3. The third kappa shape index (κ3) is 4.38. The monoisotopic (exact) mass is 471 g/mol. The van der Waals surface area contributed by atoms with Crippen LogP contribution in [0.2, 0.25) is 0 Å². The van der Waals surface area contributed by atoms with E-state index in [-0.39, 0.29) is 35.9 Å². The van der Waals surface area contributed by atoms with E-state index in [2.05, 4.69) is 11.1 Å². The van der Waals surface area contributed by atoms with Gasteiger partial charge in [-0.3, -0.25) is 9.78 Å². The van der Waals surface area contributed by atoms with Crippen molar-refractivity contribution >= 4 is 12.0 Å². The van der Waals surface area contributed by atoms with E-state index in [4.69, 9.17) is 4.74 Å². The Balaban J connectivity index is 1.38. The summed E-state index contributed by atoms with van der Waals surface area (Å²) in [5, 5.41) is 10.2. The molecule has 0 amide bonds. The number of aromatic nitrogens is 1. The number of cyclic esters (lactones) is 1. The number of aliphatic hydroxyl groups is 1. The van der Waals surface area contributed by atoms with Crippen LogP contribution in [0.3, 0.4) is 0 Å². The number of ether oxygens (including phenoxy) is 1. The number of esters is 1. The second-order valence-electron chi connectivity index (χ2n) is 9.94. The SMILES string of the molecule is C[C@H]1OC(=O)[C@@H]2C[C@@H]3CC(O)CCC3C(/C=C/c3ccc(-c4cccc(C(F)(F)F)c4)cn3)[C@H]12. The Morgan fingerprint density at radius 2 is 1.94 bits per heavy atom. The van der Waals surface area contributed by atoms with Crippen molar-refractivity contribution in [3.8, 4) is 11.1 Å². The second kappa shape index (κ2) is 8.84. The number of hydrogen-bond donors (Lipinski definition) is 1. The number of benzene rings is 1. The largest absolute Gasteiger partial charge is 0.462 e. The van der Waals surface area contributed by atoms with Gasteiger partial charge in [0.2, 0.25) is 0 Å². The highest BCUT2D eigenvalue weighted by molar-refractivity contribution is 5.75. The average Bonchev–Trinajstić information content (AvgIpc) is 3.09. The minimum Gasteiger partial charge on any atom is -0.462 e. The Hall–Kier alpha value is -2.67. The molecule has 3 unspecified atom stereocenters. The van der Waals surface area contributed by atoms with Gasteiger partial charge in [-0.1, -0.05) is 24.3 Å². The summed E-state index contributed by atoms with van der Waals surface area (Å²) in [7, 11) is 0. The highest BCUT2D eigenvalue weighted by Crippen LogP contribution is 2.53. The number of hydrogen-bond acceptors (Lipinski definition) is 4. The lowest BCUT2D eigenvalue weighted by Crippen LogP contribution is -2.44. The first-order valence-electron chi connectivity index (χ1n) is 11.9. The third-order valence-corrected chi connectivity index (χ3v) is 7.92. The Morgan fingerprint density at radius 1 is 1.12 bits per heavy atom. The lowest BCUT2D eigenvalue weighted by molar-refractivity contribution is -0.144. The van der Waals surface area contributed by atoms with Crippen molar-refractivity contribution in [3.63, 3.8) is 0 Å². The molecule has 1 N–H and O–H groups in total. The summed E-state index contributed by atoms with van der Waals surface area (Å²) in [5.41, 5.74) is 1.11. The van der Waals surface area contributed by atoms with Gasteiger partial charge in [-0.15, -0.1) is 0 Å². The highest BCUT2D eigenvalue weighted by atomic mass is 19.4. The highest BCUT2D eigenvalue weighted by Gasteiger charge is 2.54. The summed E-state index contributed by atoms with van der Waals surface area (Å²) < 4.78 is 44.7. The van der Waals surface area contributed by atoms with Crippen LogP contribution in [-0.2, 0) is 15.7 Å². The molecule has 1 aromatic carbocycles. The molecule has 3 fully saturated rings. The molecule has 1 aliphatic heterocycles. The number of carbonyl (C=O) groups is 1. The molecule has 34 heavy (non-hydrogen) atoms. The molecule has 0 bridgehead atoms. The summed E-state index contributed by atoms with van der Waals surface area (Å²) >= 11 is 0.